The molecule has 5 nitrogen and oxygen atoms in total. The summed E-state index contributed by atoms with van der Waals surface area (Å²) in [6.45, 7) is 2.02. The fourth-order valence-electron chi connectivity index (χ4n) is 3.09. The van der Waals surface area contributed by atoms with Crippen LogP contribution in [0.5, 0.6) is 0 Å². The number of hydrogen-bond acceptors (Lipinski definition) is 3. The van der Waals surface area contributed by atoms with Crippen LogP contribution in [0.2, 0.25) is 0 Å². The molecule has 0 saturated carbocycles. The lowest BCUT2D eigenvalue weighted by atomic mass is 9.87. The molecule has 3 aromatic rings. The number of aromatic nitrogens is 2. The summed E-state index contributed by atoms with van der Waals surface area (Å²) in [4.78, 5) is 12.2. The van der Waals surface area contributed by atoms with Crippen LogP contribution in [0.15, 0.2) is 64.9 Å². The van der Waals surface area contributed by atoms with Crippen molar-refractivity contribution >= 4 is 17.8 Å². The van der Waals surface area contributed by atoms with Gasteiger partial charge in [0.2, 0.25) is 5.91 Å². The van der Waals surface area contributed by atoms with Gasteiger partial charge in [0.15, 0.2) is 0 Å². The van der Waals surface area contributed by atoms with E-state index in [1.165, 1.54) is 0 Å². The lowest BCUT2D eigenvalue weighted by Crippen LogP contribution is -2.24. The number of carbonyl (C=O) groups is 1. The zero-order valence-electron chi connectivity index (χ0n) is 13.3. The highest BCUT2D eigenvalue weighted by atomic mass is 16.3. The number of allylic oxidation sites excluding steroid dienone is 1. The molecule has 1 atom stereocenters. The molecule has 0 spiro atoms. The van der Waals surface area contributed by atoms with Crippen LogP contribution >= 0.6 is 0 Å². The Labute approximate surface area is 139 Å². The molecular weight excluding hydrogens is 302 g/mol. The highest BCUT2D eigenvalue weighted by Crippen LogP contribution is 2.38. The first-order valence-corrected chi connectivity index (χ1v) is 7.87. The molecule has 0 fully saturated rings. The van der Waals surface area contributed by atoms with Gasteiger partial charge in [0.25, 0.3) is 0 Å². The smallest absolute Gasteiger partial charge is 0.226 e. The van der Waals surface area contributed by atoms with Gasteiger partial charge in [-0.05, 0) is 37.3 Å². The van der Waals surface area contributed by atoms with E-state index in [0.717, 1.165) is 28.4 Å². The summed E-state index contributed by atoms with van der Waals surface area (Å²) in [6, 6.07) is 13.5. The molecule has 0 saturated heterocycles. The van der Waals surface area contributed by atoms with Crippen molar-refractivity contribution in [3.8, 4) is 5.69 Å². The van der Waals surface area contributed by atoms with Crippen LogP contribution in [-0.2, 0) is 4.79 Å². The highest BCUT2D eigenvalue weighted by molar-refractivity contribution is 5.94. The van der Waals surface area contributed by atoms with Crippen molar-refractivity contribution < 1.29 is 9.21 Å². The zero-order chi connectivity index (χ0) is 16.5. The van der Waals surface area contributed by atoms with Crippen LogP contribution in [0.4, 0.5) is 5.82 Å². The number of amides is 1. The first kappa shape index (κ1) is 14.5. The van der Waals surface area contributed by atoms with E-state index in [2.05, 4.69) is 10.4 Å². The summed E-state index contributed by atoms with van der Waals surface area (Å²) in [7, 11) is 0. The Kier molecular flexibility index (Phi) is 3.54. The molecule has 0 radical (unpaired) electrons. The highest BCUT2D eigenvalue weighted by Gasteiger charge is 2.30. The second-order valence-electron chi connectivity index (χ2n) is 5.90. The van der Waals surface area contributed by atoms with Crippen molar-refractivity contribution in [1.82, 2.24) is 9.78 Å². The van der Waals surface area contributed by atoms with Crippen molar-refractivity contribution in [2.45, 2.75) is 19.3 Å². The fraction of sp³-hybridized carbons (Fsp3) is 0.158. The predicted molar refractivity (Wildman–Crippen MR) is 91.9 cm³/mol. The van der Waals surface area contributed by atoms with Crippen LogP contribution in [0, 0.1) is 0 Å². The molecule has 1 aromatic carbocycles. The number of furan rings is 1. The van der Waals surface area contributed by atoms with Crippen molar-refractivity contribution in [3.05, 3.63) is 71.8 Å². The number of fused-ring (bicyclic) bond motifs is 1. The van der Waals surface area contributed by atoms with Crippen LogP contribution in [0.3, 0.4) is 0 Å². The second kappa shape index (κ2) is 5.85. The third-order valence-corrected chi connectivity index (χ3v) is 4.28. The van der Waals surface area contributed by atoms with E-state index >= 15 is 0 Å². The maximum absolute atomic E-state index is 12.2. The van der Waals surface area contributed by atoms with E-state index in [1.807, 2.05) is 61.7 Å². The van der Waals surface area contributed by atoms with E-state index in [9.17, 15) is 4.79 Å². The molecule has 24 heavy (non-hydrogen) atoms. The summed E-state index contributed by atoms with van der Waals surface area (Å²) >= 11 is 0. The quantitative estimate of drug-likeness (QED) is 0.794. The van der Waals surface area contributed by atoms with Gasteiger partial charge in [-0.1, -0.05) is 23.8 Å². The van der Waals surface area contributed by atoms with E-state index < -0.39 is 0 Å². The summed E-state index contributed by atoms with van der Waals surface area (Å²) in [5.74, 6) is 1.53. The van der Waals surface area contributed by atoms with E-state index in [-0.39, 0.29) is 11.8 Å². The molecule has 1 aliphatic rings. The molecule has 1 amide bonds. The molecular formula is C19H17N3O2. The average molecular weight is 319 g/mol. The number of rotatable bonds is 3. The molecule has 3 heterocycles. The van der Waals surface area contributed by atoms with Gasteiger partial charge in [-0.2, -0.15) is 5.10 Å². The Balaban J connectivity index is 1.76. The van der Waals surface area contributed by atoms with Gasteiger partial charge >= 0.3 is 0 Å². The number of benzene rings is 1. The topological polar surface area (TPSA) is 60.1 Å². The van der Waals surface area contributed by atoms with E-state index in [4.69, 9.17) is 4.42 Å². The molecule has 0 aliphatic carbocycles. The Morgan fingerprint density at radius 2 is 2.12 bits per heavy atom. The first-order chi connectivity index (χ1) is 11.7. The molecule has 4 rings (SSSR count). The Hall–Kier alpha value is -3.08. The van der Waals surface area contributed by atoms with Gasteiger partial charge in [0.1, 0.15) is 11.6 Å². The number of para-hydroxylation sites is 1. The lowest BCUT2D eigenvalue weighted by molar-refractivity contribution is -0.116. The van der Waals surface area contributed by atoms with Gasteiger partial charge in [0.05, 0.1) is 18.1 Å². The minimum Gasteiger partial charge on any atom is -0.465 e. The zero-order valence-corrected chi connectivity index (χ0v) is 13.3. The Morgan fingerprint density at radius 1 is 1.29 bits per heavy atom. The monoisotopic (exact) mass is 319 g/mol. The van der Waals surface area contributed by atoms with Crippen LogP contribution in [0.25, 0.3) is 11.8 Å². The van der Waals surface area contributed by atoms with Gasteiger partial charge in [-0.3, -0.25) is 4.79 Å². The summed E-state index contributed by atoms with van der Waals surface area (Å²) in [5, 5.41) is 7.45. The number of nitrogens with one attached hydrogen (secondary N) is 1. The lowest BCUT2D eigenvalue weighted by Gasteiger charge is -2.24. The van der Waals surface area contributed by atoms with Gasteiger partial charge in [0, 0.05) is 17.9 Å². The average Bonchev–Trinajstić information content (AvgIpc) is 3.24. The Bertz CT molecular complexity index is 892. The molecule has 1 N–H and O–H groups in total. The standard InChI is InChI=1S/C19H17N3O2/c1-13(10-15-8-5-9-24-15)16-11-18(23)21-19-17(16)12-20-22(19)14-6-3-2-4-7-14/h2-10,12,16H,11H2,1H3,(H,21,23)/b13-10+/t16-/m0/s1. The van der Waals surface area contributed by atoms with Crippen LogP contribution < -0.4 is 5.32 Å². The van der Waals surface area contributed by atoms with E-state index in [1.54, 1.807) is 10.9 Å². The van der Waals surface area contributed by atoms with Crippen molar-refractivity contribution in [2.75, 3.05) is 5.32 Å². The minimum absolute atomic E-state index is 0.00243. The summed E-state index contributed by atoms with van der Waals surface area (Å²) in [5.41, 5.74) is 3.03. The molecule has 2 aromatic heterocycles. The third-order valence-electron chi connectivity index (χ3n) is 4.28. The molecule has 1 aliphatic heterocycles. The molecule has 120 valence electrons. The SMILES string of the molecule is C/C(=C\c1ccco1)[C@@H]1CC(=O)Nc2c1cnn2-c1ccccc1. The largest absolute Gasteiger partial charge is 0.465 e. The van der Waals surface area contributed by atoms with Crippen molar-refractivity contribution in [3.63, 3.8) is 0 Å². The van der Waals surface area contributed by atoms with Gasteiger partial charge in [-0.15, -0.1) is 0 Å². The second-order valence-corrected chi connectivity index (χ2v) is 5.90. The molecule has 0 unspecified atom stereocenters. The van der Waals surface area contributed by atoms with Gasteiger partial charge in [-0.25, -0.2) is 4.68 Å². The van der Waals surface area contributed by atoms with Crippen molar-refractivity contribution in [2.24, 2.45) is 0 Å². The maximum Gasteiger partial charge on any atom is 0.226 e. The normalized spacial score (nSPS) is 17.5. The van der Waals surface area contributed by atoms with Crippen LogP contribution in [0.1, 0.15) is 30.6 Å². The summed E-state index contributed by atoms with van der Waals surface area (Å²) < 4.78 is 7.16. The number of carbonyl (C=O) groups excluding carboxylic acids is 1. The maximum atomic E-state index is 12.2. The molecule has 5 heteroatoms. The third kappa shape index (κ3) is 2.54. The fourth-order valence-corrected chi connectivity index (χ4v) is 3.09. The number of anilines is 1. The van der Waals surface area contributed by atoms with E-state index in [0.29, 0.717) is 6.42 Å². The number of hydrogen-bond donors (Lipinski definition) is 1. The first-order valence-electron chi connectivity index (χ1n) is 7.87. The number of nitrogens with zero attached hydrogens (tertiary/aromatic N) is 2. The minimum atomic E-state index is -0.00341. The van der Waals surface area contributed by atoms with Gasteiger partial charge < -0.3 is 9.73 Å². The Morgan fingerprint density at radius 3 is 2.88 bits per heavy atom. The molecule has 0 bridgehead atoms. The summed E-state index contributed by atoms with van der Waals surface area (Å²) in [6.07, 6.45) is 5.88. The predicted octanol–water partition coefficient (Wildman–Crippen LogP) is 3.99. The van der Waals surface area contributed by atoms with Crippen molar-refractivity contribution in [1.29, 1.82) is 0 Å². The van der Waals surface area contributed by atoms with Crippen LogP contribution in [-0.4, -0.2) is 15.7 Å².